The van der Waals surface area contributed by atoms with Crippen LogP contribution in [0.5, 0.6) is 0 Å². The second kappa shape index (κ2) is 5.21. The van der Waals surface area contributed by atoms with Crippen LogP contribution in [0.25, 0.3) is 0 Å². The Morgan fingerprint density at radius 2 is 2.39 bits per heavy atom. The van der Waals surface area contributed by atoms with Gasteiger partial charge in [0.2, 0.25) is 0 Å². The molecule has 3 nitrogen and oxygen atoms in total. The Bertz CT molecular complexity index is 419. The van der Waals surface area contributed by atoms with Crippen molar-refractivity contribution in [2.45, 2.75) is 43.7 Å². The Hall–Kier alpha value is 0.0600. The van der Waals surface area contributed by atoms with Crippen molar-refractivity contribution in [3.05, 3.63) is 20.8 Å². The Morgan fingerprint density at radius 1 is 1.56 bits per heavy atom. The molecule has 2 atom stereocenters. The number of halogens is 1. The van der Waals surface area contributed by atoms with Crippen molar-refractivity contribution in [1.29, 1.82) is 0 Å². The monoisotopic (exact) mass is 330 g/mol. The molecule has 1 aliphatic carbocycles. The van der Waals surface area contributed by atoms with Crippen LogP contribution in [-0.4, -0.2) is 12.2 Å². The van der Waals surface area contributed by atoms with E-state index in [9.17, 15) is 0 Å². The quantitative estimate of drug-likeness (QED) is 0.659. The van der Waals surface area contributed by atoms with Gasteiger partial charge in [0.15, 0.2) is 0 Å². The fourth-order valence-corrected chi connectivity index (χ4v) is 4.81. The average molecular weight is 331 g/mol. The minimum Gasteiger partial charge on any atom is -0.375 e. The zero-order valence-electron chi connectivity index (χ0n) is 10.3. The van der Waals surface area contributed by atoms with Crippen molar-refractivity contribution in [2.24, 2.45) is 11.8 Å². The molecule has 0 aromatic carbocycles. The highest BCUT2D eigenvalue weighted by Crippen LogP contribution is 2.47. The van der Waals surface area contributed by atoms with E-state index in [1.807, 2.05) is 0 Å². The zero-order chi connectivity index (χ0) is 12.6. The number of hydrogen-bond acceptors (Lipinski definition) is 4. The number of hydrazine groups is 1. The second-order valence-electron chi connectivity index (χ2n) is 5.45. The molecule has 0 radical (unpaired) electrons. The first kappa shape index (κ1) is 13.1. The molecule has 5 heteroatoms. The van der Waals surface area contributed by atoms with E-state index in [4.69, 9.17) is 10.6 Å². The van der Waals surface area contributed by atoms with Crippen molar-refractivity contribution in [2.75, 3.05) is 6.61 Å². The van der Waals surface area contributed by atoms with Gasteiger partial charge in [0.25, 0.3) is 0 Å². The lowest BCUT2D eigenvalue weighted by atomic mass is 9.70. The van der Waals surface area contributed by atoms with Crippen LogP contribution in [0.15, 0.2) is 15.9 Å². The molecular weight excluding hydrogens is 312 g/mol. The minimum atomic E-state index is 0.187. The van der Waals surface area contributed by atoms with Gasteiger partial charge in [-0.05, 0) is 60.0 Å². The third kappa shape index (κ3) is 2.39. The molecular formula is C13H19BrN2OS. The average Bonchev–Trinajstić information content (AvgIpc) is 2.75. The van der Waals surface area contributed by atoms with E-state index in [0.717, 1.165) is 23.9 Å². The predicted octanol–water partition coefficient (Wildman–Crippen LogP) is 3.36. The zero-order valence-corrected chi connectivity index (χ0v) is 12.7. The summed E-state index contributed by atoms with van der Waals surface area (Å²) in [6.07, 6.45) is 6.03. The van der Waals surface area contributed by atoms with E-state index >= 15 is 0 Å². The van der Waals surface area contributed by atoms with Gasteiger partial charge in [-0.3, -0.25) is 11.3 Å². The first-order valence-corrected chi connectivity index (χ1v) is 8.24. The molecule has 0 bridgehead atoms. The maximum atomic E-state index is 5.99. The number of rotatable bonds is 3. The van der Waals surface area contributed by atoms with Gasteiger partial charge in [0.05, 0.1) is 11.6 Å². The fraction of sp³-hybridized carbons (Fsp3) is 0.692. The molecule has 0 amide bonds. The van der Waals surface area contributed by atoms with Gasteiger partial charge in [-0.15, -0.1) is 11.3 Å². The summed E-state index contributed by atoms with van der Waals surface area (Å²) in [5, 5.41) is 2.12. The van der Waals surface area contributed by atoms with Crippen LogP contribution in [0, 0.1) is 5.92 Å². The summed E-state index contributed by atoms with van der Waals surface area (Å²) in [6, 6.07) is 2.45. The van der Waals surface area contributed by atoms with E-state index in [1.54, 1.807) is 11.3 Å². The Labute approximate surface area is 120 Å². The maximum Gasteiger partial charge on any atom is 0.0686 e. The normalized spacial score (nSPS) is 28.0. The van der Waals surface area contributed by atoms with Crippen molar-refractivity contribution in [3.8, 4) is 0 Å². The molecule has 2 heterocycles. The van der Waals surface area contributed by atoms with Gasteiger partial charge >= 0.3 is 0 Å². The van der Waals surface area contributed by atoms with Crippen LogP contribution in [0.1, 0.15) is 43.0 Å². The standard InChI is InChI=1S/C13H19BrN2OS/c14-10-6-11(18-8-10)12(16-15)9-2-5-17-13(7-9)3-1-4-13/h6,8-9,12,16H,1-5,7,15H2. The predicted molar refractivity (Wildman–Crippen MR) is 77.3 cm³/mol. The summed E-state index contributed by atoms with van der Waals surface area (Å²) in [5.74, 6) is 6.39. The lowest BCUT2D eigenvalue weighted by Gasteiger charge is -2.48. The molecule has 100 valence electrons. The molecule has 1 aromatic heterocycles. The SMILES string of the molecule is NNC(c1cc(Br)cs1)C1CCOC2(CCC2)C1. The Kier molecular flexibility index (Phi) is 3.78. The number of nitrogens with two attached hydrogens (primary N) is 1. The highest BCUT2D eigenvalue weighted by atomic mass is 79.9. The Balaban J connectivity index is 1.75. The van der Waals surface area contributed by atoms with Crippen LogP contribution in [0.3, 0.4) is 0 Å². The highest BCUT2D eigenvalue weighted by Gasteiger charge is 2.44. The van der Waals surface area contributed by atoms with Crippen LogP contribution < -0.4 is 11.3 Å². The molecule has 1 aliphatic heterocycles. The molecule has 2 fully saturated rings. The van der Waals surface area contributed by atoms with E-state index in [0.29, 0.717) is 5.92 Å². The van der Waals surface area contributed by atoms with E-state index in [-0.39, 0.29) is 11.6 Å². The third-order valence-electron chi connectivity index (χ3n) is 4.34. The summed E-state index contributed by atoms with van der Waals surface area (Å²) in [4.78, 5) is 1.32. The van der Waals surface area contributed by atoms with Gasteiger partial charge in [-0.2, -0.15) is 0 Å². The second-order valence-corrected chi connectivity index (χ2v) is 7.31. The first-order valence-electron chi connectivity index (χ1n) is 6.56. The van der Waals surface area contributed by atoms with E-state index in [1.165, 1.54) is 24.1 Å². The minimum absolute atomic E-state index is 0.187. The maximum absolute atomic E-state index is 5.99. The van der Waals surface area contributed by atoms with Gasteiger partial charge in [-0.25, -0.2) is 0 Å². The lowest BCUT2D eigenvalue weighted by molar-refractivity contribution is -0.147. The van der Waals surface area contributed by atoms with Gasteiger partial charge in [0, 0.05) is 21.3 Å². The van der Waals surface area contributed by atoms with E-state index < -0.39 is 0 Å². The topological polar surface area (TPSA) is 47.3 Å². The molecule has 18 heavy (non-hydrogen) atoms. The van der Waals surface area contributed by atoms with Crippen molar-refractivity contribution < 1.29 is 4.74 Å². The van der Waals surface area contributed by atoms with E-state index in [2.05, 4.69) is 32.8 Å². The number of ether oxygens (including phenoxy) is 1. The lowest BCUT2D eigenvalue weighted by Crippen LogP contribution is -2.48. The fourth-order valence-electron chi connectivity index (χ4n) is 3.21. The molecule has 3 N–H and O–H groups in total. The highest BCUT2D eigenvalue weighted by molar-refractivity contribution is 9.10. The summed E-state index contributed by atoms with van der Waals surface area (Å²) in [6.45, 7) is 0.884. The van der Waals surface area contributed by atoms with Gasteiger partial charge < -0.3 is 4.74 Å². The number of hydrogen-bond donors (Lipinski definition) is 2. The molecule has 2 unspecified atom stereocenters. The molecule has 2 aliphatic rings. The van der Waals surface area contributed by atoms with Crippen molar-refractivity contribution in [3.63, 3.8) is 0 Å². The van der Waals surface area contributed by atoms with Gasteiger partial charge in [0.1, 0.15) is 0 Å². The van der Waals surface area contributed by atoms with Crippen LogP contribution in [0.4, 0.5) is 0 Å². The smallest absolute Gasteiger partial charge is 0.0686 e. The van der Waals surface area contributed by atoms with Crippen molar-refractivity contribution >= 4 is 27.3 Å². The molecule has 1 saturated carbocycles. The molecule has 1 saturated heterocycles. The van der Waals surface area contributed by atoms with Crippen LogP contribution in [0.2, 0.25) is 0 Å². The third-order valence-corrected chi connectivity index (χ3v) is 6.12. The van der Waals surface area contributed by atoms with Crippen LogP contribution >= 0.6 is 27.3 Å². The number of thiophene rings is 1. The summed E-state index contributed by atoms with van der Waals surface area (Å²) >= 11 is 5.29. The van der Waals surface area contributed by atoms with Crippen LogP contribution in [-0.2, 0) is 4.74 Å². The first-order chi connectivity index (χ1) is 8.72. The summed E-state index contributed by atoms with van der Waals surface area (Å²) in [7, 11) is 0. The summed E-state index contributed by atoms with van der Waals surface area (Å²) < 4.78 is 7.14. The molecule has 1 spiro atoms. The van der Waals surface area contributed by atoms with Crippen molar-refractivity contribution in [1.82, 2.24) is 5.43 Å². The number of nitrogens with one attached hydrogen (secondary N) is 1. The molecule has 3 rings (SSSR count). The van der Waals surface area contributed by atoms with Gasteiger partial charge in [-0.1, -0.05) is 0 Å². The largest absolute Gasteiger partial charge is 0.375 e. The summed E-state index contributed by atoms with van der Waals surface area (Å²) in [5.41, 5.74) is 3.21. The molecule has 1 aromatic rings. The Morgan fingerprint density at radius 3 is 2.94 bits per heavy atom.